The van der Waals surface area contributed by atoms with Crippen LogP contribution in [0.4, 0.5) is 11.4 Å². The van der Waals surface area contributed by atoms with Crippen LogP contribution >= 0.6 is 0 Å². The minimum absolute atomic E-state index is 0.176. The molecule has 0 atom stereocenters. The van der Waals surface area contributed by atoms with Crippen molar-refractivity contribution in [2.75, 3.05) is 16.8 Å². The predicted molar refractivity (Wildman–Crippen MR) is 123 cm³/mol. The van der Waals surface area contributed by atoms with E-state index in [1.165, 1.54) is 0 Å². The third-order valence-electron chi connectivity index (χ3n) is 5.13. The number of aryl methyl sites for hydroxylation is 1. The number of ether oxygens (including phenoxy) is 1. The smallest absolute Gasteiger partial charge is 0.282 e. The molecular formula is C26H21N3O3. The van der Waals surface area contributed by atoms with Crippen molar-refractivity contribution in [3.63, 3.8) is 0 Å². The van der Waals surface area contributed by atoms with Gasteiger partial charge in [0.05, 0.1) is 35.2 Å². The fourth-order valence-corrected chi connectivity index (χ4v) is 3.54. The van der Waals surface area contributed by atoms with Gasteiger partial charge in [-0.15, -0.1) is 0 Å². The highest BCUT2D eigenvalue weighted by Crippen LogP contribution is 2.35. The molecule has 1 N–H and O–H groups in total. The lowest BCUT2D eigenvalue weighted by atomic mass is 10.0. The molecule has 0 saturated carbocycles. The molecule has 1 heterocycles. The standard InChI is InChI=1S/C26H21N3O3/c1-3-32-22-7-5-4-6-21(22)28-24-23(19-12-8-17(2)9-13-19)25(30)29(26(24)31)20-14-10-18(16-27)11-15-20/h4-15,28H,3H2,1-2H3. The van der Waals surface area contributed by atoms with Crippen LogP contribution in [0.1, 0.15) is 23.6 Å². The second-order valence-electron chi connectivity index (χ2n) is 7.27. The van der Waals surface area contributed by atoms with Gasteiger partial charge in [-0.3, -0.25) is 9.59 Å². The minimum Gasteiger partial charge on any atom is -0.492 e. The third-order valence-corrected chi connectivity index (χ3v) is 5.13. The third kappa shape index (κ3) is 3.84. The number of hydrogen-bond acceptors (Lipinski definition) is 5. The van der Waals surface area contributed by atoms with Gasteiger partial charge in [-0.2, -0.15) is 5.26 Å². The zero-order valence-electron chi connectivity index (χ0n) is 17.8. The quantitative estimate of drug-likeness (QED) is 0.583. The number of carbonyl (C=O) groups is 2. The van der Waals surface area contributed by atoms with Crippen LogP contribution in [0.3, 0.4) is 0 Å². The number of nitrogens with one attached hydrogen (secondary N) is 1. The average Bonchev–Trinajstić information content (AvgIpc) is 3.05. The molecule has 0 aliphatic carbocycles. The molecule has 1 aliphatic rings. The predicted octanol–water partition coefficient (Wildman–Crippen LogP) is 4.66. The number of imide groups is 1. The minimum atomic E-state index is -0.471. The van der Waals surface area contributed by atoms with Gasteiger partial charge in [-0.1, -0.05) is 42.0 Å². The number of nitrogens with zero attached hydrogens (tertiary/aromatic N) is 2. The molecule has 0 spiro atoms. The molecule has 4 rings (SSSR count). The summed E-state index contributed by atoms with van der Waals surface area (Å²) in [5.74, 6) is -0.315. The number of rotatable bonds is 6. The van der Waals surface area contributed by atoms with Gasteiger partial charge in [0.2, 0.25) is 0 Å². The molecule has 158 valence electrons. The van der Waals surface area contributed by atoms with Crippen molar-refractivity contribution in [2.45, 2.75) is 13.8 Å². The van der Waals surface area contributed by atoms with E-state index in [0.29, 0.717) is 34.9 Å². The van der Waals surface area contributed by atoms with E-state index in [2.05, 4.69) is 5.32 Å². The summed E-state index contributed by atoms with van der Waals surface area (Å²) >= 11 is 0. The highest BCUT2D eigenvalue weighted by atomic mass is 16.5. The number of benzene rings is 3. The molecule has 1 aliphatic heterocycles. The van der Waals surface area contributed by atoms with Gasteiger partial charge in [0.15, 0.2) is 0 Å². The molecule has 3 aromatic rings. The SMILES string of the molecule is CCOc1ccccc1NC1=C(c2ccc(C)cc2)C(=O)N(c2ccc(C#N)cc2)C1=O. The van der Waals surface area contributed by atoms with Crippen molar-refractivity contribution in [1.29, 1.82) is 5.26 Å². The molecule has 32 heavy (non-hydrogen) atoms. The Morgan fingerprint density at radius 3 is 2.28 bits per heavy atom. The lowest BCUT2D eigenvalue weighted by Crippen LogP contribution is -2.32. The Morgan fingerprint density at radius 2 is 1.62 bits per heavy atom. The Labute approximate surface area is 186 Å². The monoisotopic (exact) mass is 423 g/mol. The lowest BCUT2D eigenvalue weighted by Gasteiger charge is -2.16. The van der Waals surface area contributed by atoms with Crippen molar-refractivity contribution < 1.29 is 14.3 Å². The van der Waals surface area contributed by atoms with Gasteiger partial charge in [-0.05, 0) is 55.8 Å². The van der Waals surface area contributed by atoms with E-state index in [9.17, 15) is 9.59 Å². The van der Waals surface area contributed by atoms with E-state index < -0.39 is 11.8 Å². The van der Waals surface area contributed by atoms with Gasteiger partial charge in [-0.25, -0.2) is 4.90 Å². The van der Waals surface area contributed by atoms with Gasteiger partial charge in [0.1, 0.15) is 11.4 Å². The van der Waals surface area contributed by atoms with Crippen molar-refractivity contribution in [2.24, 2.45) is 0 Å². The molecular weight excluding hydrogens is 402 g/mol. The van der Waals surface area contributed by atoms with Crippen molar-refractivity contribution in [3.05, 3.63) is 95.2 Å². The first-order chi connectivity index (χ1) is 15.5. The topological polar surface area (TPSA) is 82.4 Å². The zero-order chi connectivity index (χ0) is 22.7. The van der Waals surface area contributed by atoms with Crippen molar-refractivity contribution in [1.82, 2.24) is 0 Å². The first kappa shape index (κ1) is 20.9. The highest BCUT2D eigenvalue weighted by molar-refractivity contribution is 6.46. The van der Waals surface area contributed by atoms with E-state index in [0.717, 1.165) is 10.5 Å². The lowest BCUT2D eigenvalue weighted by molar-refractivity contribution is -0.120. The summed E-state index contributed by atoms with van der Waals surface area (Å²) in [6.07, 6.45) is 0. The maximum Gasteiger partial charge on any atom is 0.282 e. The average molecular weight is 423 g/mol. The first-order valence-corrected chi connectivity index (χ1v) is 10.2. The zero-order valence-corrected chi connectivity index (χ0v) is 17.8. The fraction of sp³-hybridized carbons (Fsp3) is 0.115. The van der Waals surface area contributed by atoms with E-state index in [1.807, 2.05) is 56.3 Å². The molecule has 0 fully saturated rings. The van der Waals surface area contributed by atoms with Crippen LogP contribution in [-0.4, -0.2) is 18.4 Å². The summed E-state index contributed by atoms with van der Waals surface area (Å²) in [7, 11) is 0. The molecule has 6 nitrogen and oxygen atoms in total. The molecule has 0 radical (unpaired) electrons. The van der Waals surface area contributed by atoms with Crippen LogP contribution in [0, 0.1) is 18.3 Å². The number of carbonyl (C=O) groups excluding carboxylic acids is 2. The molecule has 6 heteroatoms. The van der Waals surface area contributed by atoms with Gasteiger partial charge in [0.25, 0.3) is 11.8 Å². The Hall–Kier alpha value is -4.37. The Kier molecular flexibility index (Phi) is 5.73. The van der Waals surface area contributed by atoms with E-state index in [4.69, 9.17) is 10.00 Å². The Balaban J connectivity index is 1.81. The van der Waals surface area contributed by atoms with Crippen LogP contribution in [-0.2, 0) is 9.59 Å². The largest absolute Gasteiger partial charge is 0.492 e. The number of hydrogen-bond donors (Lipinski definition) is 1. The fourth-order valence-electron chi connectivity index (χ4n) is 3.54. The van der Waals surface area contributed by atoms with Crippen LogP contribution < -0.4 is 15.0 Å². The second kappa shape index (κ2) is 8.78. The van der Waals surface area contributed by atoms with Gasteiger partial charge >= 0.3 is 0 Å². The Morgan fingerprint density at radius 1 is 0.938 bits per heavy atom. The van der Waals surface area contributed by atoms with Gasteiger partial charge in [0, 0.05) is 0 Å². The maximum absolute atomic E-state index is 13.5. The normalized spacial score (nSPS) is 13.3. The van der Waals surface area contributed by atoms with Crippen molar-refractivity contribution in [3.8, 4) is 11.8 Å². The molecule has 0 saturated heterocycles. The Bertz CT molecular complexity index is 1250. The van der Waals surface area contributed by atoms with Crippen LogP contribution in [0.15, 0.2) is 78.5 Å². The van der Waals surface area contributed by atoms with E-state index in [-0.39, 0.29) is 11.3 Å². The summed E-state index contributed by atoms with van der Waals surface area (Å²) in [6, 6.07) is 23.1. The summed E-state index contributed by atoms with van der Waals surface area (Å²) in [4.78, 5) is 28.1. The molecule has 2 amide bonds. The van der Waals surface area contributed by atoms with Crippen LogP contribution in [0.2, 0.25) is 0 Å². The summed E-state index contributed by atoms with van der Waals surface area (Å²) in [6.45, 7) is 4.30. The second-order valence-corrected chi connectivity index (χ2v) is 7.27. The number of para-hydroxylation sites is 2. The number of nitriles is 1. The van der Waals surface area contributed by atoms with E-state index >= 15 is 0 Å². The first-order valence-electron chi connectivity index (χ1n) is 10.2. The number of anilines is 2. The molecule has 0 unspecified atom stereocenters. The highest BCUT2D eigenvalue weighted by Gasteiger charge is 2.40. The maximum atomic E-state index is 13.5. The molecule has 3 aromatic carbocycles. The number of amides is 2. The molecule has 0 bridgehead atoms. The van der Waals surface area contributed by atoms with Crippen molar-refractivity contribution >= 4 is 28.8 Å². The van der Waals surface area contributed by atoms with Crippen LogP contribution in [0.25, 0.3) is 5.57 Å². The van der Waals surface area contributed by atoms with Gasteiger partial charge < -0.3 is 10.1 Å². The molecule has 0 aromatic heterocycles. The van der Waals surface area contributed by atoms with E-state index in [1.54, 1.807) is 36.4 Å². The summed E-state index contributed by atoms with van der Waals surface area (Å²) in [5, 5.41) is 12.2. The van der Waals surface area contributed by atoms with Crippen LogP contribution in [0.5, 0.6) is 5.75 Å². The summed E-state index contributed by atoms with van der Waals surface area (Å²) in [5.41, 5.74) is 3.59. The summed E-state index contributed by atoms with van der Waals surface area (Å²) < 4.78 is 5.68.